The third-order valence-electron chi connectivity index (χ3n) is 4.72. The molecular formula is C21H17Cl2NO2S. The highest BCUT2D eigenvalue weighted by Crippen LogP contribution is 2.42. The summed E-state index contributed by atoms with van der Waals surface area (Å²) >= 11 is 14.1. The molecule has 3 aromatic rings. The largest absolute Gasteiger partial charge is 0.360 e. The number of carbonyl (C=O) groups is 1. The summed E-state index contributed by atoms with van der Waals surface area (Å²) < 4.78 is 5.35. The second-order valence-corrected chi connectivity index (χ2v) is 8.28. The zero-order valence-electron chi connectivity index (χ0n) is 14.7. The first-order valence-corrected chi connectivity index (χ1v) is 10.7. The van der Waals surface area contributed by atoms with Gasteiger partial charge < -0.3 is 4.52 Å². The van der Waals surface area contributed by atoms with Crippen LogP contribution in [0.4, 0.5) is 0 Å². The van der Waals surface area contributed by atoms with Gasteiger partial charge in [-0.1, -0.05) is 52.6 Å². The first-order chi connectivity index (χ1) is 13.1. The van der Waals surface area contributed by atoms with Gasteiger partial charge in [-0.25, -0.2) is 0 Å². The van der Waals surface area contributed by atoms with E-state index in [-0.39, 0.29) is 5.78 Å². The average Bonchev–Trinajstić information content (AvgIpc) is 3.38. The lowest BCUT2D eigenvalue weighted by molar-refractivity contribution is 0.103. The van der Waals surface area contributed by atoms with Gasteiger partial charge in [0, 0.05) is 21.4 Å². The summed E-state index contributed by atoms with van der Waals surface area (Å²) in [6, 6.07) is 11.3. The minimum absolute atomic E-state index is 0.0485. The molecule has 0 bridgehead atoms. The Morgan fingerprint density at radius 3 is 2.70 bits per heavy atom. The molecule has 0 unspecified atom stereocenters. The van der Waals surface area contributed by atoms with Gasteiger partial charge in [-0.2, -0.15) is 0 Å². The van der Waals surface area contributed by atoms with Gasteiger partial charge in [0.05, 0.1) is 16.8 Å². The number of hydrogen-bond acceptors (Lipinski definition) is 4. The van der Waals surface area contributed by atoms with Crippen molar-refractivity contribution in [2.24, 2.45) is 0 Å². The van der Waals surface area contributed by atoms with E-state index in [4.69, 9.17) is 27.7 Å². The molecule has 0 N–H and O–H groups in total. The summed E-state index contributed by atoms with van der Waals surface area (Å²) in [5.41, 5.74) is 3.16. The Morgan fingerprint density at radius 2 is 1.96 bits per heavy atom. The van der Waals surface area contributed by atoms with E-state index in [0.29, 0.717) is 39.3 Å². The lowest BCUT2D eigenvalue weighted by Crippen LogP contribution is -2.07. The molecule has 0 atom stereocenters. The van der Waals surface area contributed by atoms with Crippen LogP contribution in [0, 0.1) is 0 Å². The van der Waals surface area contributed by atoms with E-state index in [2.05, 4.69) is 5.16 Å². The van der Waals surface area contributed by atoms with Crippen molar-refractivity contribution in [2.45, 2.75) is 30.1 Å². The molecule has 1 aliphatic carbocycles. The molecule has 27 heavy (non-hydrogen) atoms. The quantitative estimate of drug-likeness (QED) is 0.343. The van der Waals surface area contributed by atoms with E-state index in [1.807, 2.05) is 36.6 Å². The molecule has 1 aliphatic rings. The van der Waals surface area contributed by atoms with Gasteiger partial charge in [0.15, 0.2) is 11.5 Å². The molecular weight excluding hydrogens is 401 g/mol. The molecule has 1 heterocycles. The highest BCUT2D eigenvalue weighted by molar-refractivity contribution is 7.98. The van der Waals surface area contributed by atoms with E-state index >= 15 is 0 Å². The van der Waals surface area contributed by atoms with Gasteiger partial charge in [0.25, 0.3) is 0 Å². The third kappa shape index (κ3) is 3.79. The summed E-state index contributed by atoms with van der Waals surface area (Å²) in [6.45, 7) is 0. The second-order valence-electron chi connectivity index (χ2n) is 6.62. The number of aromatic nitrogens is 1. The lowest BCUT2D eigenvalue weighted by Gasteiger charge is -2.13. The topological polar surface area (TPSA) is 43.1 Å². The smallest absolute Gasteiger partial charge is 0.198 e. The van der Waals surface area contributed by atoms with Gasteiger partial charge in [0.2, 0.25) is 0 Å². The van der Waals surface area contributed by atoms with Gasteiger partial charge in [-0.15, -0.1) is 11.8 Å². The maximum absolute atomic E-state index is 13.2. The Kier molecular flexibility index (Phi) is 5.31. The zero-order chi connectivity index (χ0) is 19.0. The second kappa shape index (κ2) is 7.70. The number of ketones is 1. The maximum Gasteiger partial charge on any atom is 0.198 e. The van der Waals surface area contributed by atoms with Crippen LogP contribution < -0.4 is 0 Å². The van der Waals surface area contributed by atoms with Gasteiger partial charge in [-0.05, 0) is 48.8 Å². The van der Waals surface area contributed by atoms with Crippen LogP contribution in [0.25, 0.3) is 0 Å². The van der Waals surface area contributed by atoms with Crippen molar-refractivity contribution in [3.8, 4) is 0 Å². The van der Waals surface area contributed by atoms with Crippen LogP contribution in [0.2, 0.25) is 10.0 Å². The van der Waals surface area contributed by atoms with E-state index in [1.165, 1.54) is 6.20 Å². The molecule has 0 aliphatic heterocycles. The van der Waals surface area contributed by atoms with Crippen LogP contribution in [0.1, 0.15) is 51.6 Å². The molecule has 3 nitrogen and oxygen atoms in total. The van der Waals surface area contributed by atoms with Crippen LogP contribution in [-0.2, 0) is 6.42 Å². The molecule has 4 rings (SSSR count). The monoisotopic (exact) mass is 417 g/mol. The minimum Gasteiger partial charge on any atom is -0.360 e. The Bertz CT molecular complexity index is 1010. The number of thioether (sulfide) groups is 1. The number of hydrogen-bond donors (Lipinski definition) is 0. The summed E-state index contributed by atoms with van der Waals surface area (Å²) in [6.07, 6.45) is 6.19. The minimum atomic E-state index is -0.0485. The van der Waals surface area contributed by atoms with Crippen LogP contribution in [-0.4, -0.2) is 17.2 Å². The Morgan fingerprint density at radius 1 is 1.19 bits per heavy atom. The summed E-state index contributed by atoms with van der Waals surface area (Å²) in [7, 11) is 0. The van der Waals surface area contributed by atoms with Crippen LogP contribution in [0.5, 0.6) is 0 Å². The molecule has 0 spiro atoms. The van der Waals surface area contributed by atoms with Crippen molar-refractivity contribution >= 4 is 40.7 Å². The van der Waals surface area contributed by atoms with E-state index in [1.54, 1.807) is 17.8 Å². The lowest BCUT2D eigenvalue weighted by atomic mass is 9.94. The van der Waals surface area contributed by atoms with Crippen LogP contribution in [0.3, 0.4) is 0 Å². The van der Waals surface area contributed by atoms with Gasteiger partial charge >= 0.3 is 0 Å². The molecule has 1 aromatic heterocycles. The SMILES string of the molecule is CSc1c(Cl)cc(Cl)cc1Cc1ccccc1C(=O)c1cnoc1C1CC1. The Hall–Kier alpha value is -1.75. The van der Waals surface area contributed by atoms with E-state index in [0.717, 1.165) is 28.9 Å². The first-order valence-electron chi connectivity index (χ1n) is 8.67. The Labute approximate surface area is 172 Å². The predicted octanol–water partition coefficient (Wildman–Crippen LogP) is 6.40. The van der Waals surface area contributed by atoms with Crippen molar-refractivity contribution in [3.05, 3.63) is 80.7 Å². The average molecular weight is 418 g/mol. The van der Waals surface area contributed by atoms with Crippen molar-refractivity contribution in [1.29, 1.82) is 0 Å². The normalized spacial score (nSPS) is 13.7. The molecule has 0 saturated heterocycles. The van der Waals surface area contributed by atoms with Crippen molar-refractivity contribution in [1.82, 2.24) is 5.16 Å². The molecule has 1 fully saturated rings. The first kappa shape index (κ1) is 18.6. The zero-order valence-corrected chi connectivity index (χ0v) is 17.0. The number of benzene rings is 2. The fourth-order valence-electron chi connectivity index (χ4n) is 3.28. The molecule has 1 saturated carbocycles. The number of carbonyl (C=O) groups excluding carboxylic acids is 1. The van der Waals surface area contributed by atoms with Crippen molar-refractivity contribution in [3.63, 3.8) is 0 Å². The van der Waals surface area contributed by atoms with Crippen LogP contribution in [0.15, 0.2) is 52.0 Å². The number of halogens is 2. The third-order valence-corrected chi connectivity index (χ3v) is 6.24. The number of rotatable bonds is 6. The van der Waals surface area contributed by atoms with Crippen molar-refractivity contribution in [2.75, 3.05) is 6.26 Å². The summed E-state index contributed by atoms with van der Waals surface area (Å²) in [5.74, 6) is 0.992. The molecule has 0 radical (unpaired) electrons. The van der Waals surface area contributed by atoms with E-state index in [9.17, 15) is 4.79 Å². The predicted molar refractivity (Wildman–Crippen MR) is 109 cm³/mol. The summed E-state index contributed by atoms with van der Waals surface area (Å²) in [5, 5.41) is 5.08. The van der Waals surface area contributed by atoms with E-state index < -0.39 is 0 Å². The van der Waals surface area contributed by atoms with Gasteiger partial charge in [-0.3, -0.25) is 4.79 Å². The Balaban J connectivity index is 1.72. The fraction of sp³-hybridized carbons (Fsp3) is 0.238. The standard InChI is InChI=1S/C21H17Cl2NO2S/c1-27-21-14(9-15(22)10-18(21)23)8-13-4-2-3-5-16(13)19(25)17-11-24-26-20(17)12-6-7-12/h2-5,9-12H,6-8H2,1H3. The summed E-state index contributed by atoms with van der Waals surface area (Å²) in [4.78, 5) is 14.2. The highest BCUT2D eigenvalue weighted by atomic mass is 35.5. The fourth-order valence-corrected chi connectivity index (χ4v) is 4.69. The molecule has 2 aromatic carbocycles. The maximum atomic E-state index is 13.2. The van der Waals surface area contributed by atoms with Crippen molar-refractivity contribution < 1.29 is 9.32 Å². The molecule has 138 valence electrons. The molecule has 0 amide bonds. The molecule has 6 heteroatoms. The highest BCUT2D eigenvalue weighted by Gasteiger charge is 2.33. The number of nitrogens with zero attached hydrogens (tertiary/aromatic N) is 1. The van der Waals surface area contributed by atoms with Gasteiger partial charge in [0.1, 0.15) is 0 Å². The van der Waals surface area contributed by atoms with Crippen LogP contribution >= 0.6 is 35.0 Å².